The Morgan fingerprint density at radius 1 is 1.00 bits per heavy atom. The van der Waals surface area contributed by atoms with Gasteiger partial charge in [-0.2, -0.15) is 9.57 Å². The van der Waals surface area contributed by atoms with Gasteiger partial charge < -0.3 is 4.74 Å². The Morgan fingerprint density at radius 2 is 1.74 bits per heavy atom. The van der Waals surface area contributed by atoms with Crippen LogP contribution in [0.15, 0.2) is 88.9 Å². The number of aromatic nitrogens is 3. The first-order valence-corrected chi connectivity index (χ1v) is 14.7. The Hall–Kier alpha value is -3.49. The van der Waals surface area contributed by atoms with Crippen molar-refractivity contribution in [1.29, 1.82) is 5.26 Å². The summed E-state index contributed by atoms with van der Waals surface area (Å²) < 4.78 is 35.5. The highest BCUT2D eigenvalue weighted by Crippen LogP contribution is 2.33. The molecule has 5 rings (SSSR count). The van der Waals surface area contributed by atoms with Gasteiger partial charge in [-0.15, -0.1) is 10.2 Å². The van der Waals surface area contributed by atoms with Crippen molar-refractivity contribution < 1.29 is 13.2 Å². The molecule has 194 valence electrons. The molecule has 0 saturated carbocycles. The molecule has 10 heteroatoms. The standard InChI is InChI=1S/C28H27N5O3S2/c1-21(24-6-3-2-4-7-24)33-27(30-31-28(33)37-20-23-12-10-22(19-29)11-13-23)25-8-5-9-26(18-25)38(34,35)32-14-16-36-17-15-32/h2-13,18,21H,14-17,20H2,1H3/t21-/m1/s1. The summed E-state index contributed by atoms with van der Waals surface area (Å²) in [7, 11) is -3.66. The molecule has 0 N–H and O–H groups in total. The lowest BCUT2D eigenvalue weighted by Crippen LogP contribution is -2.40. The van der Waals surface area contributed by atoms with Crippen LogP contribution in [-0.2, 0) is 20.5 Å². The lowest BCUT2D eigenvalue weighted by atomic mass is 10.1. The zero-order valence-corrected chi connectivity index (χ0v) is 22.5. The van der Waals surface area contributed by atoms with E-state index in [0.717, 1.165) is 16.3 Å². The van der Waals surface area contributed by atoms with E-state index in [2.05, 4.69) is 39.9 Å². The van der Waals surface area contributed by atoms with E-state index in [0.29, 0.717) is 49.0 Å². The maximum Gasteiger partial charge on any atom is 0.243 e. The van der Waals surface area contributed by atoms with Gasteiger partial charge in [0.05, 0.1) is 35.8 Å². The second-order valence-corrected chi connectivity index (χ2v) is 11.8. The second kappa shape index (κ2) is 11.5. The van der Waals surface area contributed by atoms with Crippen LogP contribution in [0, 0.1) is 11.3 Å². The molecule has 38 heavy (non-hydrogen) atoms. The SMILES string of the molecule is C[C@H](c1ccccc1)n1c(SCc2ccc(C#N)cc2)nnc1-c1cccc(S(=O)(=O)N2CCOCC2)c1. The van der Waals surface area contributed by atoms with E-state index in [1.54, 1.807) is 42.1 Å². The van der Waals surface area contributed by atoms with Crippen LogP contribution in [0.25, 0.3) is 11.4 Å². The summed E-state index contributed by atoms with van der Waals surface area (Å²) in [5.41, 5.74) is 3.45. The van der Waals surface area contributed by atoms with E-state index in [4.69, 9.17) is 10.00 Å². The van der Waals surface area contributed by atoms with Crippen LogP contribution in [0.5, 0.6) is 0 Å². The molecule has 0 spiro atoms. The lowest BCUT2D eigenvalue weighted by Gasteiger charge is -2.26. The Bertz CT molecular complexity index is 1540. The molecule has 0 bridgehead atoms. The molecule has 3 aromatic carbocycles. The van der Waals surface area contributed by atoms with Crippen molar-refractivity contribution in [3.63, 3.8) is 0 Å². The molecule has 1 aromatic heterocycles. The Kier molecular flexibility index (Phi) is 7.90. The first kappa shape index (κ1) is 26.1. The van der Waals surface area contributed by atoms with Crippen LogP contribution in [-0.4, -0.2) is 53.8 Å². The Balaban J connectivity index is 1.51. The van der Waals surface area contributed by atoms with Crippen molar-refractivity contribution in [1.82, 2.24) is 19.1 Å². The zero-order chi connectivity index (χ0) is 26.5. The molecule has 0 unspecified atom stereocenters. The normalized spacial score (nSPS) is 15.2. The molecule has 0 aliphatic carbocycles. The Labute approximate surface area is 226 Å². The fraction of sp³-hybridized carbons (Fsp3) is 0.250. The van der Waals surface area contributed by atoms with Crippen molar-refractivity contribution in [2.24, 2.45) is 0 Å². The molecular weight excluding hydrogens is 518 g/mol. The van der Waals surface area contributed by atoms with Crippen LogP contribution in [0.1, 0.15) is 29.7 Å². The summed E-state index contributed by atoms with van der Waals surface area (Å²) in [4.78, 5) is 0.227. The Morgan fingerprint density at radius 3 is 2.45 bits per heavy atom. The van der Waals surface area contributed by atoms with Crippen molar-refractivity contribution in [2.45, 2.75) is 28.8 Å². The molecule has 1 aliphatic heterocycles. The number of thioether (sulfide) groups is 1. The number of benzene rings is 3. The topological polar surface area (TPSA) is 101 Å². The summed E-state index contributed by atoms with van der Waals surface area (Å²) in [6.07, 6.45) is 0. The third kappa shape index (κ3) is 5.51. The average Bonchev–Trinajstić information content (AvgIpc) is 3.41. The summed E-state index contributed by atoms with van der Waals surface area (Å²) in [5.74, 6) is 1.25. The fourth-order valence-electron chi connectivity index (χ4n) is 4.36. The van der Waals surface area contributed by atoms with E-state index in [1.807, 2.05) is 36.4 Å². The molecule has 8 nitrogen and oxygen atoms in total. The maximum atomic E-state index is 13.3. The van der Waals surface area contributed by atoms with Gasteiger partial charge in [-0.05, 0) is 42.3 Å². The van der Waals surface area contributed by atoms with Crippen molar-refractivity contribution >= 4 is 21.8 Å². The molecule has 0 amide bonds. The minimum absolute atomic E-state index is 0.0934. The smallest absolute Gasteiger partial charge is 0.243 e. The number of sulfonamides is 1. The van der Waals surface area contributed by atoms with Gasteiger partial charge in [-0.3, -0.25) is 4.57 Å². The van der Waals surface area contributed by atoms with Crippen LogP contribution in [0.2, 0.25) is 0 Å². The van der Waals surface area contributed by atoms with Gasteiger partial charge in [-0.1, -0.05) is 66.4 Å². The van der Waals surface area contributed by atoms with Crippen LogP contribution < -0.4 is 0 Å². The molecule has 1 saturated heterocycles. The molecule has 0 radical (unpaired) electrons. The first-order chi connectivity index (χ1) is 18.5. The summed E-state index contributed by atoms with van der Waals surface area (Å²) in [5, 5.41) is 18.8. The zero-order valence-electron chi connectivity index (χ0n) is 20.9. The molecule has 2 heterocycles. The minimum atomic E-state index is -3.66. The van der Waals surface area contributed by atoms with E-state index >= 15 is 0 Å². The fourth-order valence-corrected chi connectivity index (χ4v) is 6.78. The summed E-state index contributed by atoms with van der Waals surface area (Å²) in [6, 6.07) is 26.5. The molecule has 1 atom stereocenters. The second-order valence-electron chi connectivity index (χ2n) is 8.90. The maximum absolute atomic E-state index is 13.3. The predicted molar refractivity (Wildman–Crippen MR) is 146 cm³/mol. The van der Waals surface area contributed by atoms with Gasteiger partial charge >= 0.3 is 0 Å². The number of nitriles is 1. The van der Waals surface area contributed by atoms with Gasteiger partial charge in [-0.25, -0.2) is 8.42 Å². The predicted octanol–water partition coefficient (Wildman–Crippen LogP) is 4.74. The highest BCUT2D eigenvalue weighted by atomic mass is 32.2. The highest BCUT2D eigenvalue weighted by molar-refractivity contribution is 7.98. The van der Waals surface area contributed by atoms with Crippen molar-refractivity contribution in [3.05, 3.63) is 95.6 Å². The molecule has 1 fully saturated rings. The minimum Gasteiger partial charge on any atom is -0.379 e. The van der Waals surface area contributed by atoms with Crippen molar-refractivity contribution in [3.8, 4) is 17.5 Å². The van der Waals surface area contributed by atoms with Crippen molar-refractivity contribution in [2.75, 3.05) is 26.3 Å². The van der Waals surface area contributed by atoms with Gasteiger partial charge in [0.2, 0.25) is 10.0 Å². The third-order valence-electron chi connectivity index (χ3n) is 6.48. The van der Waals surface area contributed by atoms with E-state index in [-0.39, 0.29) is 10.9 Å². The van der Waals surface area contributed by atoms with Crippen LogP contribution in [0.3, 0.4) is 0 Å². The number of morpholine rings is 1. The first-order valence-electron chi connectivity index (χ1n) is 12.3. The van der Waals surface area contributed by atoms with Crippen LogP contribution >= 0.6 is 11.8 Å². The lowest BCUT2D eigenvalue weighted by molar-refractivity contribution is 0.0730. The summed E-state index contributed by atoms with van der Waals surface area (Å²) >= 11 is 1.55. The van der Waals surface area contributed by atoms with Gasteiger partial charge in [0.15, 0.2) is 11.0 Å². The number of hydrogen-bond donors (Lipinski definition) is 0. The molecule has 4 aromatic rings. The number of nitrogens with zero attached hydrogens (tertiary/aromatic N) is 5. The third-order valence-corrected chi connectivity index (χ3v) is 9.39. The van der Waals surface area contributed by atoms with Gasteiger partial charge in [0.25, 0.3) is 0 Å². The van der Waals surface area contributed by atoms with E-state index in [9.17, 15) is 8.42 Å². The van der Waals surface area contributed by atoms with Crippen LogP contribution in [0.4, 0.5) is 0 Å². The largest absolute Gasteiger partial charge is 0.379 e. The number of rotatable bonds is 8. The van der Waals surface area contributed by atoms with E-state index in [1.165, 1.54) is 4.31 Å². The molecular formula is C28H27N5O3S2. The highest BCUT2D eigenvalue weighted by Gasteiger charge is 2.27. The van der Waals surface area contributed by atoms with Gasteiger partial charge in [0.1, 0.15) is 0 Å². The number of hydrogen-bond acceptors (Lipinski definition) is 7. The summed E-state index contributed by atoms with van der Waals surface area (Å²) in [6.45, 7) is 3.54. The monoisotopic (exact) mass is 545 g/mol. The molecule has 1 aliphatic rings. The quantitative estimate of drug-likeness (QED) is 0.295. The average molecular weight is 546 g/mol. The van der Waals surface area contributed by atoms with Gasteiger partial charge in [0, 0.05) is 24.4 Å². The van der Waals surface area contributed by atoms with E-state index < -0.39 is 10.0 Å². The number of ether oxygens (including phenoxy) is 1.